The van der Waals surface area contributed by atoms with E-state index in [1.165, 1.54) is 84.5 Å². The van der Waals surface area contributed by atoms with E-state index < -0.39 is 12.1 Å². The van der Waals surface area contributed by atoms with Crippen molar-refractivity contribution in [3.8, 4) is 0 Å². The van der Waals surface area contributed by atoms with Gasteiger partial charge in [0.1, 0.15) is 86.8 Å². The van der Waals surface area contributed by atoms with Crippen LogP contribution >= 0.6 is 0 Å². The minimum absolute atomic E-state index is 0. The number of amides is 3. The third-order valence-corrected chi connectivity index (χ3v) is 9.89. The molecule has 0 aliphatic carbocycles. The van der Waals surface area contributed by atoms with E-state index >= 15 is 0 Å². The number of aryl methyl sites for hydroxylation is 2. The second kappa shape index (κ2) is 232. The molecule has 1 fully saturated rings. The molecule has 3 aromatic carbocycles. The number of aliphatic hydroxyl groups excluding tert-OH is 1. The lowest BCUT2D eigenvalue weighted by atomic mass is 10.0. The van der Waals surface area contributed by atoms with Gasteiger partial charge in [0.05, 0.1) is 0 Å². The summed E-state index contributed by atoms with van der Waals surface area (Å²) in [4.78, 5) is 128. The summed E-state index contributed by atoms with van der Waals surface area (Å²) in [6.07, 6.45) is 9.61. The standard InChI is InChI=1S/C20H29N3O3.2C8H10.3C5H12.C4H10.C3H8O.2C2H6.6CH5N.11CH2O.5H3N/c1-15(20(26)23-12-8-5-9-13-23)21-19(25)18(22(3)16(2)24)14-17-10-6-4-7-11-17;2*1-2-8-6-4-3-5-7-8;3*1-4-5(2)3;1-4(2)3;1-3(2)4;19*1-2;;;;;/h4,6-7,10-11,15,18H,5,8-9,12-14H2,1-3H3,(H,21,25);2*3-7H,2H2,1H3;3*5H,4H2,1-3H3;4H,1-3H3;3-4H,1-2H3;2*1-2H3;6*2H2,1H3;11*1H2;5*1H3/t15-,18-;;;;;;;;;;;;;;;;;;;;;;;;;;;;;;;/m0.............................../s1. The first-order valence-electron chi connectivity index (χ1n) is 33.8. The number of nitrogens with zero attached hydrogens (tertiary/aromatic N) is 2. The number of carbonyl (C=O) groups is 14. The van der Waals surface area contributed by atoms with Gasteiger partial charge in [-0.2, -0.15) is 0 Å². The van der Waals surface area contributed by atoms with Crippen LogP contribution in [0.4, 0.5) is 0 Å². The monoisotopic (exact) mass is 1570 g/mol. The number of rotatable bonds is 11. The highest BCUT2D eigenvalue weighted by Crippen LogP contribution is 2.12. The van der Waals surface area contributed by atoms with E-state index in [0.717, 1.165) is 74.4 Å². The van der Waals surface area contributed by atoms with Crippen molar-refractivity contribution < 1.29 is 72.2 Å². The van der Waals surface area contributed by atoms with Gasteiger partial charge >= 0.3 is 0 Å². The van der Waals surface area contributed by atoms with Crippen molar-refractivity contribution in [2.75, 3.05) is 62.4 Å². The number of benzene rings is 3. The Morgan fingerprint density at radius 3 is 0.722 bits per heavy atom. The van der Waals surface area contributed by atoms with E-state index in [-0.39, 0.29) is 54.6 Å². The summed E-state index contributed by atoms with van der Waals surface area (Å²) in [5, 5.41) is 10.9. The molecular formula is C79H182N14O15. The highest BCUT2D eigenvalue weighted by atomic mass is 16.3. The van der Waals surface area contributed by atoms with Gasteiger partial charge in [-0.3, -0.25) is 14.4 Å². The predicted molar refractivity (Wildman–Crippen MR) is 472 cm³/mol. The second-order valence-corrected chi connectivity index (χ2v) is 18.9. The van der Waals surface area contributed by atoms with Crippen LogP contribution < -0.4 is 70.5 Å². The molecule has 29 N–H and O–H groups in total. The first-order chi connectivity index (χ1) is 49.5. The minimum Gasteiger partial charge on any atom is -0.394 e. The van der Waals surface area contributed by atoms with E-state index in [2.05, 4.69) is 185 Å². The molecule has 0 saturated carbocycles. The molecule has 29 nitrogen and oxygen atoms in total. The Morgan fingerprint density at radius 1 is 0.398 bits per heavy atom. The van der Waals surface area contributed by atoms with Gasteiger partial charge in [0.25, 0.3) is 0 Å². The maximum absolute atomic E-state index is 12.8. The molecule has 0 bridgehead atoms. The maximum atomic E-state index is 12.8. The van der Waals surface area contributed by atoms with Crippen LogP contribution in [-0.2, 0) is 86.4 Å². The van der Waals surface area contributed by atoms with Crippen LogP contribution in [0.5, 0.6) is 0 Å². The Bertz CT molecular complexity index is 1630. The molecule has 0 radical (unpaired) electrons. The van der Waals surface area contributed by atoms with E-state index in [1.54, 1.807) is 27.8 Å². The molecule has 1 saturated heterocycles. The van der Waals surface area contributed by atoms with E-state index in [0.29, 0.717) is 6.42 Å². The zero-order chi connectivity index (χ0) is 88.8. The molecule has 0 unspecified atom stereocenters. The molecule has 1 heterocycles. The first-order valence-corrected chi connectivity index (χ1v) is 33.8. The van der Waals surface area contributed by atoms with Gasteiger partial charge in [-0.05, 0) is 136 Å². The van der Waals surface area contributed by atoms with Gasteiger partial charge in [-0.1, -0.05) is 235 Å². The lowest BCUT2D eigenvalue weighted by Crippen LogP contribution is -2.54. The predicted octanol–water partition coefficient (Wildman–Crippen LogP) is 12.6. The molecule has 1 aliphatic heterocycles. The number of nitrogens with one attached hydrogen (secondary N) is 1. The van der Waals surface area contributed by atoms with Crippen molar-refractivity contribution in [1.29, 1.82) is 0 Å². The van der Waals surface area contributed by atoms with Gasteiger partial charge < -0.3 is 138 Å². The first kappa shape index (κ1) is 189. The Kier molecular flexibility index (Phi) is 406. The average Bonchev–Trinajstić information content (AvgIpc) is 0.852. The fourth-order valence-corrected chi connectivity index (χ4v) is 4.65. The Labute approximate surface area is 664 Å². The van der Waals surface area contributed by atoms with Gasteiger partial charge in [0.2, 0.25) is 17.7 Å². The molecule has 4 rings (SSSR count). The van der Waals surface area contributed by atoms with Crippen molar-refractivity contribution in [2.24, 2.45) is 58.1 Å². The number of carbonyl (C=O) groups excluding carboxylic acids is 14. The molecule has 2 atom stereocenters. The maximum Gasteiger partial charge on any atom is 0.244 e. The van der Waals surface area contributed by atoms with Crippen LogP contribution in [0.2, 0.25) is 0 Å². The van der Waals surface area contributed by atoms with Crippen molar-refractivity contribution in [1.82, 2.24) is 45.9 Å². The van der Waals surface area contributed by atoms with Crippen LogP contribution in [0.3, 0.4) is 0 Å². The quantitative estimate of drug-likeness (QED) is 0.0848. The van der Waals surface area contributed by atoms with Crippen LogP contribution in [0.25, 0.3) is 0 Å². The second-order valence-electron chi connectivity index (χ2n) is 18.9. The number of hydrogen-bond acceptors (Lipinski definition) is 26. The smallest absolute Gasteiger partial charge is 0.244 e. The van der Waals surface area contributed by atoms with Crippen molar-refractivity contribution >= 4 is 92.4 Å². The molecule has 658 valence electrons. The average molecular weight is 1570 g/mol. The molecule has 29 heteroatoms. The van der Waals surface area contributed by atoms with Crippen molar-refractivity contribution in [3.63, 3.8) is 0 Å². The Morgan fingerprint density at radius 2 is 0.574 bits per heavy atom. The third kappa shape index (κ3) is 240. The number of nitrogens with two attached hydrogens (primary N) is 6. The van der Waals surface area contributed by atoms with Gasteiger partial charge in [-0.25, -0.2) is 0 Å². The number of likely N-dealkylation sites (tertiary alicyclic amines) is 1. The van der Waals surface area contributed by atoms with E-state index in [1.807, 2.05) is 150 Å². The van der Waals surface area contributed by atoms with Crippen molar-refractivity contribution in [3.05, 3.63) is 108 Å². The number of likely N-dealkylation sites (N-methyl/N-ethyl adjacent to an activating group) is 1. The largest absolute Gasteiger partial charge is 0.394 e. The molecule has 0 aromatic heterocycles. The molecule has 1 aliphatic rings. The summed E-state index contributed by atoms with van der Waals surface area (Å²) < 4.78 is 0. The molecule has 108 heavy (non-hydrogen) atoms. The Hall–Kier alpha value is -8.04. The highest BCUT2D eigenvalue weighted by Gasteiger charge is 2.29. The van der Waals surface area contributed by atoms with Crippen molar-refractivity contribution in [2.45, 2.75) is 228 Å². The normalized spacial score (nSPS) is 8.18. The molecule has 3 amide bonds. The molecule has 0 spiro atoms. The van der Waals surface area contributed by atoms with Crippen LogP contribution in [-0.4, -0.2) is 188 Å². The summed E-state index contributed by atoms with van der Waals surface area (Å²) in [5.74, 6) is 2.95. The topological polar surface area (TPSA) is 609 Å². The highest BCUT2D eigenvalue weighted by molar-refractivity contribution is 5.91. The minimum atomic E-state index is -0.647. The zero-order valence-electron chi connectivity index (χ0n) is 74.8. The summed E-state index contributed by atoms with van der Waals surface area (Å²) >= 11 is 0. The van der Waals surface area contributed by atoms with Gasteiger partial charge in [-0.15, -0.1) is 0 Å². The third-order valence-electron chi connectivity index (χ3n) is 9.89. The van der Waals surface area contributed by atoms with Gasteiger partial charge in [0.15, 0.2) is 0 Å². The summed E-state index contributed by atoms with van der Waals surface area (Å²) in [6.45, 7) is 68.8. The fraction of sp³-hybridized carbons (Fsp3) is 0.595. The molecule has 3 aromatic rings. The number of hydrogen-bond donors (Lipinski definition) is 13. The Balaban J connectivity index is -0.0000000259. The number of piperidine rings is 1. The summed E-state index contributed by atoms with van der Waals surface area (Å²) in [6, 6.07) is 29.2. The van der Waals surface area contributed by atoms with E-state index in [4.69, 9.17) is 57.8 Å². The van der Waals surface area contributed by atoms with E-state index in [9.17, 15) is 14.4 Å². The summed E-state index contributed by atoms with van der Waals surface area (Å²) in [7, 11) is 10.6. The lowest BCUT2D eigenvalue weighted by molar-refractivity contribution is -0.140. The van der Waals surface area contributed by atoms with Crippen LogP contribution in [0, 0.1) is 23.7 Å². The zero-order valence-corrected chi connectivity index (χ0v) is 74.8. The molecular weight excluding hydrogens is 1380 g/mol. The lowest BCUT2D eigenvalue weighted by Gasteiger charge is -2.31. The fourth-order valence-electron chi connectivity index (χ4n) is 4.65. The number of aliphatic hydroxyl groups is 1. The van der Waals surface area contributed by atoms with Crippen LogP contribution in [0.15, 0.2) is 91.0 Å². The summed E-state index contributed by atoms with van der Waals surface area (Å²) in [5.41, 5.74) is 30.8. The SMILES string of the molecule is C=O.C=O.C=O.C=O.C=O.C=O.C=O.C=O.C=O.C=O.C=O.CC.CC.CC(=O)N(C)[C@@H](Cc1ccccc1)C(=O)N[C@@H](C)C(=O)N1CCCCC1.CC(C)C.CC(C)O.CCC(C)C.CCC(C)C.CCC(C)C.CCc1ccccc1.CCc1ccccc1.CN.CN.CN.CN.CN.CN.N.N.N.N.N. The van der Waals surface area contributed by atoms with Gasteiger partial charge in [0, 0.05) is 39.6 Å². The van der Waals surface area contributed by atoms with Crippen LogP contribution in [0.1, 0.15) is 208 Å².